The minimum atomic E-state index is -1.75. The first kappa shape index (κ1) is 15.5. The molecule has 0 amide bonds. The van der Waals surface area contributed by atoms with Crippen molar-refractivity contribution in [3.63, 3.8) is 0 Å². The van der Waals surface area contributed by atoms with E-state index in [0.717, 1.165) is 18.2 Å². The molecule has 0 unspecified atom stereocenters. The standard InChI is InChI=1S/C14H7BrF4O2/c1-21-11-5-10(17)8(15)4-7(11)14(20)6-2-3-9(16)13(19)12(6)18/h2-5H,1H3. The largest absolute Gasteiger partial charge is 0.496 e. The van der Waals surface area contributed by atoms with Gasteiger partial charge in [-0.3, -0.25) is 4.79 Å². The van der Waals surface area contributed by atoms with Crippen molar-refractivity contribution in [1.29, 1.82) is 0 Å². The van der Waals surface area contributed by atoms with Gasteiger partial charge >= 0.3 is 0 Å². The lowest BCUT2D eigenvalue weighted by atomic mass is 10.0. The third-order valence-electron chi connectivity index (χ3n) is 2.77. The van der Waals surface area contributed by atoms with Crippen molar-refractivity contribution >= 4 is 21.7 Å². The molecule has 0 fully saturated rings. The van der Waals surface area contributed by atoms with E-state index in [0.29, 0.717) is 6.07 Å². The quantitative estimate of drug-likeness (QED) is 0.463. The molecule has 0 spiro atoms. The Morgan fingerprint density at radius 2 is 1.67 bits per heavy atom. The van der Waals surface area contributed by atoms with Crippen LogP contribution >= 0.6 is 15.9 Å². The number of hydrogen-bond acceptors (Lipinski definition) is 2. The third-order valence-corrected chi connectivity index (χ3v) is 3.37. The Labute approximate surface area is 125 Å². The molecular formula is C14H7BrF4O2. The van der Waals surface area contributed by atoms with E-state index < -0.39 is 34.6 Å². The summed E-state index contributed by atoms with van der Waals surface area (Å²) in [7, 11) is 1.20. The topological polar surface area (TPSA) is 26.3 Å². The van der Waals surface area contributed by atoms with Crippen LogP contribution in [-0.4, -0.2) is 12.9 Å². The zero-order valence-electron chi connectivity index (χ0n) is 10.5. The molecule has 0 N–H and O–H groups in total. The van der Waals surface area contributed by atoms with E-state index in [1.165, 1.54) is 7.11 Å². The van der Waals surface area contributed by atoms with Crippen molar-refractivity contribution in [3.8, 4) is 5.75 Å². The van der Waals surface area contributed by atoms with Crippen LogP contribution in [0.5, 0.6) is 5.75 Å². The van der Waals surface area contributed by atoms with E-state index in [1.807, 2.05) is 0 Å². The zero-order chi connectivity index (χ0) is 15.7. The predicted octanol–water partition coefficient (Wildman–Crippen LogP) is 4.25. The highest BCUT2D eigenvalue weighted by Crippen LogP contribution is 2.29. The Hall–Kier alpha value is -1.89. The summed E-state index contributed by atoms with van der Waals surface area (Å²) in [5.41, 5.74) is -0.860. The molecule has 7 heteroatoms. The number of rotatable bonds is 3. The van der Waals surface area contributed by atoms with Gasteiger partial charge in [0.1, 0.15) is 11.6 Å². The van der Waals surface area contributed by atoms with Crippen LogP contribution in [0.25, 0.3) is 0 Å². The Bertz CT molecular complexity index is 731. The maximum atomic E-state index is 13.7. The highest BCUT2D eigenvalue weighted by Gasteiger charge is 2.23. The van der Waals surface area contributed by atoms with E-state index in [9.17, 15) is 22.4 Å². The molecule has 0 heterocycles. The van der Waals surface area contributed by atoms with Crippen molar-refractivity contribution in [3.05, 3.63) is 63.1 Å². The average Bonchev–Trinajstić information content (AvgIpc) is 2.46. The Morgan fingerprint density at radius 1 is 1.00 bits per heavy atom. The Kier molecular flexibility index (Phi) is 4.32. The van der Waals surface area contributed by atoms with Gasteiger partial charge in [0.2, 0.25) is 0 Å². The molecule has 21 heavy (non-hydrogen) atoms. The lowest BCUT2D eigenvalue weighted by Crippen LogP contribution is -2.09. The van der Waals surface area contributed by atoms with E-state index >= 15 is 0 Å². The van der Waals surface area contributed by atoms with Crippen molar-refractivity contribution < 1.29 is 27.1 Å². The number of halogens is 5. The first-order chi connectivity index (χ1) is 9.86. The number of carbonyl (C=O) groups is 1. The van der Waals surface area contributed by atoms with Gasteiger partial charge in [0, 0.05) is 6.07 Å². The second-order valence-corrected chi connectivity index (χ2v) is 4.87. The molecule has 0 aliphatic rings. The van der Waals surface area contributed by atoms with Crippen LogP contribution in [0.2, 0.25) is 0 Å². The number of carbonyl (C=O) groups excluding carboxylic acids is 1. The molecule has 0 radical (unpaired) electrons. The number of methoxy groups -OCH3 is 1. The molecule has 2 rings (SSSR count). The van der Waals surface area contributed by atoms with E-state index in [-0.39, 0.29) is 15.8 Å². The van der Waals surface area contributed by atoms with Crippen LogP contribution in [-0.2, 0) is 0 Å². The first-order valence-electron chi connectivity index (χ1n) is 5.58. The van der Waals surface area contributed by atoms with Crippen LogP contribution in [0.1, 0.15) is 15.9 Å². The molecule has 2 aromatic carbocycles. The average molecular weight is 363 g/mol. The van der Waals surface area contributed by atoms with Gasteiger partial charge in [0.05, 0.1) is 22.7 Å². The van der Waals surface area contributed by atoms with Crippen molar-refractivity contribution in [2.24, 2.45) is 0 Å². The summed E-state index contributed by atoms with van der Waals surface area (Å²) in [5.74, 6) is -6.55. The van der Waals surface area contributed by atoms with E-state index in [2.05, 4.69) is 15.9 Å². The number of benzene rings is 2. The molecule has 0 saturated carbocycles. The van der Waals surface area contributed by atoms with Gasteiger partial charge in [-0.25, -0.2) is 17.6 Å². The van der Waals surface area contributed by atoms with Gasteiger partial charge in [-0.2, -0.15) is 0 Å². The molecule has 0 aliphatic heterocycles. The van der Waals surface area contributed by atoms with Crippen LogP contribution < -0.4 is 4.74 Å². The van der Waals surface area contributed by atoms with Gasteiger partial charge in [-0.15, -0.1) is 0 Å². The summed E-state index contributed by atoms with van der Waals surface area (Å²) in [6, 6.07) is 3.45. The minimum absolute atomic E-state index is 0.0466. The maximum Gasteiger partial charge on any atom is 0.199 e. The summed E-state index contributed by atoms with van der Waals surface area (Å²) in [4.78, 5) is 12.2. The summed E-state index contributed by atoms with van der Waals surface area (Å²) >= 11 is 2.88. The molecule has 0 aromatic heterocycles. The first-order valence-corrected chi connectivity index (χ1v) is 6.37. The summed E-state index contributed by atoms with van der Waals surface area (Å²) in [6.45, 7) is 0. The van der Waals surface area contributed by atoms with Crippen LogP contribution in [0.4, 0.5) is 17.6 Å². The highest BCUT2D eigenvalue weighted by molar-refractivity contribution is 9.10. The second kappa shape index (κ2) is 5.85. The summed E-state index contributed by atoms with van der Waals surface area (Å²) < 4.78 is 57.9. The lowest BCUT2D eigenvalue weighted by Gasteiger charge is -2.10. The Balaban J connectivity index is 2.60. The molecular weight excluding hydrogens is 356 g/mol. The summed E-state index contributed by atoms with van der Waals surface area (Å²) in [6.07, 6.45) is 0. The monoisotopic (exact) mass is 362 g/mol. The van der Waals surface area contributed by atoms with E-state index in [1.54, 1.807) is 0 Å². The molecule has 0 aliphatic carbocycles. The van der Waals surface area contributed by atoms with E-state index in [4.69, 9.17) is 4.74 Å². The molecule has 0 saturated heterocycles. The SMILES string of the molecule is COc1cc(F)c(Br)cc1C(=O)c1ccc(F)c(F)c1F. The van der Waals surface area contributed by atoms with Crippen LogP contribution in [0, 0.1) is 23.3 Å². The van der Waals surface area contributed by atoms with Gasteiger partial charge in [-0.05, 0) is 34.1 Å². The smallest absolute Gasteiger partial charge is 0.199 e. The molecule has 2 nitrogen and oxygen atoms in total. The van der Waals surface area contributed by atoms with Crippen LogP contribution in [0.15, 0.2) is 28.7 Å². The second-order valence-electron chi connectivity index (χ2n) is 4.02. The molecule has 2 aromatic rings. The lowest BCUT2D eigenvalue weighted by molar-refractivity contribution is 0.103. The highest BCUT2D eigenvalue weighted by atomic mass is 79.9. The minimum Gasteiger partial charge on any atom is -0.496 e. The predicted molar refractivity (Wildman–Crippen MR) is 70.4 cm³/mol. The van der Waals surface area contributed by atoms with Crippen molar-refractivity contribution in [1.82, 2.24) is 0 Å². The van der Waals surface area contributed by atoms with Gasteiger partial charge in [0.15, 0.2) is 23.2 Å². The van der Waals surface area contributed by atoms with Crippen molar-refractivity contribution in [2.75, 3.05) is 7.11 Å². The molecule has 0 atom stereocenters. The number of ether oxygens (including phenoxy) is 1. The fraction of sp³-hybridized carbons (Fsp3) is 0.0714. The number of ketones is 1. The molecule has 0 bridgehead atoms. The normalized spacial score (nSPS) is 10.6. The Morgan fingerprint density at radius 3 is 2.29 bits per heavy atom. The molecule has 110 valence electrons. The fourth-order valence-corrected chi connectivity index (χ4v) is 2.06. The third kappa shape index (κ3) is 2.78. The fourth-order valence-electron chi connectivity index (χ4n) is 1.72. The van der Waals surface area contributed by atoms with Crippen LogP contribution in [0.3, 0.4) is 0 Å². The van der Waals surface area contributed by atoms with Gasteiger partial charge in [0.25, 0.3) is 0 Å². The summed E-state index contributed by atoms with van der Waals surface area (Å²) in [5, 5.41) is 0. The van der Waals surface area contributed by atoms with Gasteiger partial charge < -0.3 is 4.74 Å². The maximum absolute atomic E-state index is 13.7. The van der Waals surface area contributed by atoms with Crippen molar-refractivity contribution in [2.45, 2.75) is 0 Å². The number of hydrogen-bond donors (Lipinski definition) is 0. The zero-order valence-corrected chi connectivity index (χ0v) is 12.1. The van der Waals surface area contributed by atoms with Gasteiger partial charge in [-0.1, -0.05) is 0 Å².